The highest BCUT2D eigenvalue weighted by molar-refractivity contribution is 5.81. The van der Waals surface area contributed by atoms with Crippen molar-refractivity contribution in [3.05, 3.63) is 23.8 Å². The number of ether oxygens (including phenoxy) is 2. The predicted molar refractivity (Wildman–Crippen MR) is 66.7 cm³/mol. The zero-order chi connectivity index (χ0) is 12.1. The highest BCUT2D eigenvalue weighted by atomic mass is 16.7. The lowest BCUT2D eigenvalue weighted by Gasteiger charge is -2.26. The van der Waals surface area contributed by atoms with Gasteiger partial charge in [0.15, 0.2) is 17.5 Å². The summed E-state index contributed by atoms with van der Waals surface area (Å²) in [5.74, 6) is 2.33. The van der Waals surface area contributed by atoms with Crippen molar-refractivity contribution in [2.24, 2.45) is 10.7 Å². The van der Waals surface area contributed by atoms with Crippen LogP contribution in [0.1, 0.15) is 24.4 Å². The number of benzene rings is 1. The van der Waals surface area contributed by atoms with Crippen LogP contribution in [-0.2, 0) is 0 Å². The number of fused-ring (bicyclic) bond motifs is 1. The Kier molecular flexibility index (Phi) is 1.98. The van der Waals surface area contributed by atoms with Crippen molar-refractivity contribution in [1.29, 1.82) is 0 Å². The van der Waals surface area contributed by atoms with Crippen LogP contribution in [0.2, 0.25) is 0 Å². The maximum absolute atomic E-state index is 5.98. The molecule has 1 aromatic carbocycles. The van der Waals surface area contributed by atoms with Gasteiger partial charge in [0.05, 0.1) is 12.6 Å². The van der Waals surface area contributed by atoms with E-state index in [1.807, 2.05) is 6.07 Å². The highest BCUT2D eigenvalue weighted by Gasteiger charge is 2.39. The van der Waals surface area contributed by atoms with Gasteiger partial charge in [-0.15, -0.1) is 0 Å². The Bertz CT molecular complexity index is 525. The SMILES string of the molecule is NC1=NCC(c2ccc3c(c2)OCO3)N1C1CC1. The second-order valence-corrected chi connectivity index (χ2v) is 4.97. The van der Waals surface area contributed by atoms with Gasteiger partial charge < -0.3 is 20.1 Å². The predicted octanol–water partition coefficient (Wildman–Crippen LogP) is 1.25. The van der Waals surface area contributed by atoms with Crippen LogP contribution in [0, 0.1) is 0 Å². The van der Waals surface area contributed by atoms with Gasteiger partial charge >= 0.3 is 0 Å². The molecule has 5 nitrogen and oxygen atoms in total. The van der Waals surface area contributed by atoms with E-state index >= 15 is 0 Å². The number of hydrogen-bond donors (Lipinski definition) is 1. The summed E-state index contributed by atoms with van der Waals surface area (Å²) >= 11 is 0. The van der Waals surface area contributed by atoms with Crippen molar-refractivity contribution >= 4 is 5.96 Å². The standard InChI is InChI=1S/C13H15N3O2/c14-13-15-6-10(16(13)9-2-3-9)8-1-4-11-12(5-8)18-7-17-11/h1,4-5,9-10H,2-3,6-7H2,(H2,14,15). The molecule has 1 saturated carbocycles. The molecule has 2 aliphatic heterocycles. The van der Waals surface area contributed by atoms with E-state index in [-0.39, 0.29) is 6.04 Å². The van der Waals surface area contributed by atoms with Gasteiger partial charge in [-0.25, -0.2) is 0 Å². The van der Waals surface area contributed by atoms with Crippen LogP contribution in [0.5, 0.6) is 11.5 Å². The molecule has 1 aromatic rings. The minimum absolute atomic E-state index is 0.256. The molecule has 94 valence electrons. The number of aliphatic imine (C=N–C) groups is 1. The van der Waals surface area contributed by atoms with Gasteiger partial charge in [-0.2, -0.15) is 0 Å². The molecule has 1 atom stereocenters. The first-order valence-corrected chi connectivity index (χ1v) is 6.31. The van der Waals surface area contributed by atoms with Crippen molar-refractivity contribution in [2.45, 2.75) is 24.9 Å². The largest absolute Gasteiger partial charge is 0.454 e. The zero-order valence-corrected chi connectivity index (χ0v) is 10.0. The normalized spacial score (nSPS) is 25.4. The van der Waals surface area contributed by atoms with Crippen molar-refractivity contribution in [1.82, 2.24) is 4.90 Å². The van der Waals surface area contributed by atoms with Crippen molar-refractivity contribution in [2.75, 3.05) is 13.3 Å². The third-order valence-corrected chi connectivity index (χ3v) is 3.75. The molecule has 1 aliphatic carbocycles. The third kappa shape index (κ3) is 1.43. The van der Waals surface area contributed by atoms with E-state index in [0.29, 0.717) is 18.8 Å². The molecule has 0 amide bonds. The second kappa shape index (κ2) is 3.54. The summed E-state index contributed by atoms with van der Waals surface area (Å²) in [5.41, 5.74) is 7.18. The summed E-state index contributed by atoms with van der Waals surface area (Å²) in [6.07, 6.45) is 2.44. The molecule has 18 heavy (non-hydrogen) atoms. The molecular formula is C13H15N3O2. The molecule has 1 fully saturated rings. The fourth-order valence-corrected chi connectivity index (χ4v) is 2.69. The van der Waals surface area contributed by atoms with Gasteiger partial charge in [-0.05, 0) is 30.5 Å². The first-order chi connectivity index (χ1) is 8.83. The van der Waals surface area contributed by atoms with E-state index in [1.54, 1.807) is 0 Å². The molecule has 0 saturated heterocycles. The highest BCUT2D eigenvalue weighted by Crippen LogP contribution is 2.40. The molecule has 0 spiro atoms. The number of nitrogens with two attached hydrogens (primary N) is 1. The fourth-order valence-electron chi connectivity index (χ4n) is 2.69. The van der Waals surface area contributed by atoms with E-state index in [2.05, 4.69) is 22.0 Å². The van der Waals surface area contributed by atoms with E-state index in [0.717, 1.165) is 18.0 Å². The average Bonchev–Trinajstić information content (AvgIpc) is 2.98. The minimum Gasteiger partial charge on any atom is -0.454 e. The van der Waals surface area contributed by atoms with Crippen molar-refractivity contribution in [3.8, 4) is 11.5 Å². The molecule has 5 heteroatoms. The lowest BCUT2D eigenvalue weighted by molar-refractivity contribution is 0.174. The first kappa shape index (κ1) is 10.1. The molecule has 2 N–H and O–H groups in total. The molecule has 0 radical (unpaired) electrons. The Morgan fingerprint density at radius 2 is 2.06 bits per heavy atom. The summed E-state index contributed by atoms with van der Waals surface area (Å²) in [6.45, 7) is 1.05. The second-order valence-electron chi connectivity index (χ2n) is 4.97. The lowest BCUT2D eigenvalue weighted by Crippen LogP contribution is -2.37. The minimum atomic E-state index is 0.256. The first-order valence-electron chi connectivity index (χ1n) is 6.31. The van der Waals surface area contributed by atoms with Crippen molar-refractivity contribution in [3.63, 3.8) is 0 Å². The average molecular weight is 245 g/mol. The summed E-state index contributed by atoms with van der Waals surface area (Å²) in [6, 6.07) is 6.94. The van der Waals surface area contributed by atoms with Gasteiger partial charge in [-0.1, -0.05) is 6.07 Å². The summed E-state index contributed by atoms with van der Waals surface area (Å²) in [5, 5.41) is 0. The molecular weight excluding hydrogens is 230 g/mol. The van der Waals surface area contributed by atoms with Gasteiger partial charge in [0.1, 0.15) is 0 Å². The third-order valence-electron chi connectivity index (χ3n) is 3.75. The van der Waals surface area contributed by atoms with Crippen LogP contribution in [-0.4, -0.2) is 30.2 Å². The van der Waals surface area contributed by atoms with Crippen LogP contribution in [0.15, 0.2) is 23.2 Å². The maximum Gasteiger partial charge on any atom is 0.231 e. The van der Waals surface area contributed by atoms with E-state index in [4.69, 9.17) is 15.2 Å². The Labute approximate surface area is 105 Å². The van der Waals surface area contributed by atoms with Gasteiger partial charge in [0.25, 0.3) is 0 Å². The number of hydrogen-bond acceptors (Lipinski definition) is 5. The van der Waals surface area contributed by atoms with Crippen molar-refractivity contribution < 1.29 is 9.47 Å². The molecule has 2 heterocycles. The maximum atomic E-state index is 5.98. The Hall–Kier alpha value is -1.91. The zero-order valence-electron chi connectivity index (χ0n) is 10.0. The lowest BCUT2D eigenvalue weighted by atomic mass is 10.1. The van der Waals surface area contributed by atoms with Gasteiger partial charge in [0.2, 0.25) is 6.79 Å². The fraction of sp³-hybridized carbons (Fsp3) is 0.462. The molecule has 3 aliphatic rings. The number of nitrogens with zero attached hydrogens (tertiary/aromatic N) is 2. The van der Waals surface area contributed by atoms with Crippen LogP contribution >= 0.6 is 0 Å². The van der Waals surface area contributed by atoms with Gasteiger partial charge in [0, 0.05) is 6.04 Å². The van der Waals surface area contributed by atoms with E-state index in [1.165, 1.54) is 18.4 Å². The van der Waals surface area contributed by atoms with Gasteiger partial charge in [-0.3, -0.25) is 4.99 Å². The smallest absolute Gasteiger partial charge is 0.231 e. The molecule has 0 aromatic heterocycles. The van der Waals surface area contributed by atoms with E-state index in [9.17, 15) is 0 Å². The topological polar surface area (TPSA) is 60.1 Å². The van der Waals surface area contributed by atoms with Crippen LogP contribution < -0.4 is 15.2 Å². The monoisotopic (exact) mass is 245 g/mol. The molecule has 4 rings (SSSR count). The number of guanidine groups is 1. The van der Waals surface area contributed by atoms with Crippen LogP contribution in [0.3, 0.4) is 0 Å². The van der Waals surface area contributed by atoms with E-state index < -0.39 is 0 Å². The summed E-state index contributed by atoms with van der Waals surface area (Å²) in [7, 11) is 0. The summed E-state index contributed by atoms with van der Waals surface area (Å²) in [4.78, 5) is 6.63. The Morgan fingerprint density at radius 1 is 1.22 bits per heavy atom. The molecule has 1 unspecified atom stereocenters. The number of rotatable bonds is 2. The molecule has 0 bridgehead atoms. The Morgan fingerprint density at radius 3 is 2.89 bits per heavy atom. The van der Waals surface area contributed by atoms with Crippen LogP contribution in [0.25, 0.3) is 0 Å². The quantitative estimate of drug-likeness (QED) is 0.851. The summed E-state index contributed by atoms with van der Waals surface area (Å²) < 4.78 is 10.8. The van der Waals surface area contributed by atoms with Crippen LogP contribution in [0.4, 0.5) is 0 Å². The Balaban J connectivity index is 1.67.